The second kappa shape index (κ2) is 9.13. The number of ether oxygens (including phenoxy) is 2. The monoisotopic (exact) mass is 446 g/mol. The van der Waals surface area contributed by atoms with E-state index >= 15 is 0 Å². The average Bonchev–Trinajstić information content (AvgIpc) is 2.69. The Morgan fingerprint density at radius 3 is 2.45 bits per heavy atom. The fourth-order valence-corrected chi connectivity index (χ4v) is 4.57. The Morgan fingerprint density at radius 1 is 1.16 bits per heavy atom. The largest absolute Gasteiger partial charge is 0.461 e. The Kier molecular flexibility index (Phi) is 6.74. The number of rotatable bonds is 6. The predicted octanol–water partition coefficient (Wildman–Crippen LogP) is 1.79. The normalized spacial score (nSPS) is 22.6. The summed E-state index contributed by atoms with van der Waals surface area (Å²) in [6.07, 6.45) is 0.158. The molecular weight excluding hydrogens is 420 g/mol. The second-order valence-electron chi connectivity index (χ2n) is 8.39. The summed E-state index contributed by atoms with van der Waals surface area (Å²) in [4.78, 5) is 50.8. The van der Waals surface area contributed by atoms with Gasteiger partial charge in [-0.25, -0.2) is 4.79 Å². The van der Waals surface area contributed by atoms with Gasteiger partial charge in [-0.15, -0.1) is 11.8 Å². The minimum absolute atomic E-state index is 0.117. The minimum Gasteiger partial charge on any atom is -0.461 e. The molecule has 3 atom stereocenters. The predicted molar refractivity (Wildman–Crippen MR) is 115 cm³/mol. The number of β-lactam (4-membered cyclic amide) rings is 1. The molecule has 31 heavy (non-hydrogen) atoms. The lowest BCUT2D eigenvalue weighted by Crippen LogP contribution is -2.74. The van der Waals surface area contributed by atoms with Crippen LogP contribution in [0.25, 0.3) is 0 Å². The van der Waals surface area contributed by atoms with Crippen LogP contribution in [0.15, 0.2) is 41.3 Å². The van der Waals surface area contributed by atoms with Crippen molar-refractivity contribution < 1.29 is 28.7 Å². The van der Waals surface area contributed by atoms with E-state index in [-0.39, 0.29) is 24.8 Å². The van der Waals surface area contributed by atoms with Gasteiger partial charge in [-0.3, -0.25) is 14.4 Å². The minimum atomic E-state index is -1.00. The van der Waals surface area contributed by atoms with Crippen molar-refractivity contribution in [2.75, 3.05) is 6.61 Å². The van der Waals surface area contributed by atoms with Crippen molar-refractivity contribution in [3.8, 4) is 0 Å². The highest BCUT2D eigenvalue weighted by molar-refractivity contribution is 8.02. The van der Waals surface area contributed by atoms with Crippen LogP contribution in [0, 0.1) is 0 Å². The van der Waals surface area contributed by atoms with E-state index < -0.39 is 35.0 Å². The number of carbonyl (C=O) groups is 4. The first-order valence-electron chi connectivity index (χ1n) is 9.93. The Balaban J connectivity index is 1.74. The average molecular weight is 447 g/mol. The van der Waals surface area contributed by atoms with Gasteiger partial charge in [0.2, 0.25) is 11.8 Å². The lowest BCUT2D eigenvalue weighted by Gasteiger charge is -2.51. The second-order valence-corrected chi connectivity index (χ2v) is 9.38. The van der Waals surface area contributed by atoms with Crippen LogP contribution in [0.4, 0.5) is 0 Å². The number of amides is 2. The summed E-state index contributed by atoms with van der Waals surface area (Å²) in [5.74, 6) is -1.73. The smallest absolute Gasteiger partial charge is 0.333 e. The zero-order chi connectivity index (χ0) is 22.8. The van der Waals surface area contributed by atoms with Crippen molar-refractivity contribution in [2.45, 2.75) is 57.2 Å². The number of nitrogens with zero attached hydrogens (tertiary/aromatic N) is 1. The third-order valence-corrected chi connectivity index (χ3v) is 5.88. The topological polar surface area (TPSA) is 102 Å². The van der Waals surface area contributed by atoms with E-state index in [0.717, 1.165) is 5.56 Å². The molecule has 3 rings (SSSR count). The lowest BCUT2D eigenvalue weighted by atomic mass is 9.97. The van der Waals surface area contributed by atoms with Crippen LogP contribution in [0.5, 0.6) is 0 Å². The van der Waals surface area contributed by atoms with Gasteiger partial charge in [0.1, 0.15) is 23.6 Å². The summed E-state index contributed by atoms with van der Waals surface area (Å²) >= 11 is 1.30. The lowest BCUT2D eigenvalue weighted by molar-refractivity contribution is -0.170. The Bertz CT molecular complexity index is 908. The first kappa shape index (κ1) is 22.9. The number of nitrogens with one attached hydrogen (secondary N) is 1. The van der Waals surface area contributed by atoms with Gasteiger partial charge in [-0.05, 0) is 31.7 Å². The Morgan fingerprint density at radius 2 is 1.84 bits per heavy atom. The van der Waals surface area contributed by atoms with Crippen LogP contribution in [-0.4, -0.2) is 58.3 Å². The highest BCUT2D eigenvalue weighted by Crippen LogP contribution is 2.40. The molecular formula is C22H26N2O6S. The van der Waals surface area contributed by atoms with Crippen molar-refractivity contribution in [1.29, 1.82) is 0 Å². The van der Waals surface area contributed by atoms with E-state index in [2.05, 4.69) is 5.32 Å². The van der Waals surface area contributed by atoms with Crippen LogP contribution in [0.2, 0.25) is 0 Å². The van der Waals surface area contributed by atoms with E-state index in [4.69, 9.17) is 9.47 Å². The van der Waals surface area contributed by atoms with E-state index in [1.807, 2.05) is 30.3 Å². The molecule has 2 amide bonds. The van der Waals surface area contributed by atoms with Gasteiger partial charge in [0.25, 0.3) is 0 Å². The molecule has 0 bridgehead atoms. The summed E-state index contributed by atoms with van der Waals surface area (Å²) in [5, 5.41) is 4.04. The van der Waals surface area contributed by atoms with Crippen molar-refractivity contribution >= 4 is 35.5 Å². The molecule has 1 fully saturated rings. The highest BCUT2D eigenvalue weighted by atomic mass is 32.2. The van der Waals surface area contributed by atoms with Gasteiger partial charge >= 0.3 is 11.9 Å². The summed E-state index contributed by atoms with van der Waals surface area (Å²) in [6, 6.07) is 7.49. The zero-order valence-corrected chi connectivity index (χ0v) is 18.7. The molecule has 0 spiro atoms. The summed E-state index contributed by atoms with van der Waals surface area (Å²) in [5.41, 5.74) is 0.559. The first-order valence-corrected chi connectivity index (χ1v) is 10.9. The van der Waals surface area contributed by atoms with E-state index in [0.29, 0.717) is 5.57 Å². The van der Waals surface area contributed by atoms with Crippen molar-refractivity contribution in [1.82, 2.24) is 10.2 Å². The van der Waals surface area contributed by atoms with Crippen LogP contribution in [-0.2, 0) is 35.1 Å². The molecule has 0 aromatic heterocycles. The van der Waals surface area contributed by atoms with Gasteiger partial charge in [0, 0.05) is 12.5 Å². The number of hydrogen-bond acceptors (Lipinski definition) is 7. The third-order valence-electron chi connectivity index (χ3n) is 4.66. The highest BCUT2D eigenvalue weighted by Gasteiger charge is 2.56. The van der Waals surface area contributed by atoms with Crippen LogP contribution in [0.3, 0.4) is 0 Å². The molecule has 1 aromatic rings. The fraction of sp³-hybridized carbons (Fsp3) is 0.455. The maximum atomic E-state index is 12.9. The number of benzene rings is 1. The van der Waals surface area contributed by atoms with E-state index in [1.165, 1.54) is 23.6 Å². The molecule has 2 aliphatic heterocycles. The summed E-state index contributed by atoms with van der Waals surface area (Å²) in [6.45, 7) is 6.36. The molecule has 166 valence electrons. The number of hydrogen-bond donors (Lipinski definition) is 1. The molecule has 0 radical (unpaired) electrons. The Labute approximate surface area is 185 Å². The molecule has 2 heterocycles. The number of esters is 2. The van der Waals surface area contributed by atoms with Crippen LogP contribution in [0.1, 0.15) is 33.3 Å². The fourth-order valence-electron chi connectivity index (χ4n) is 3.36. The van der Waals surface area contributed by atoms with Crippen molar-refractivity contribution in [2.24, 2.45) is 0 Å². The maximum Gasteiger partial charge on any atom is 0.333 e. The molecule has 1 aromatic carbocycles. The number of fused-ring (bicyclic) bond motifs is 1. The maximum absolute atomic E-state index is 12.9. The number of thioether (sulfide) groups is 1. The zero-order valence-electron chi connectivity index (χ0n) is 17.9. The molecule has 0 aliphatic carbocycles. The quantitative estimate of drug-likeness (QED) is 0.525. The summed E-state index contributed by atoms with van der Waals surface area (Å²) in [7, 11) is 0. The van der Waals surface area contributed by atoms with Gasteiger partial charge in [-0.1, -0.05) is 30.3 Å². The number of carbonyl (C=O) groups excluding carboxylic acids is 4. The van der Waals surface area contributed by atoms with Crippen LogP contribution < -0.4 is 5.32 Å². The standard InChI is InChI=1S/C22H26N2O6S/c1-13(25)29-11-15-12-31-20-17(23-16(26)10-14-8-6-5-7-9-14)19(27)24(20)18(15)21(28)30-22(2,3)4/h5-9,12,17-18,20H,10-11H2,1-4H3,(H,23,26)/t17-,18-,20-/m1/s1. The van der Waals surface area contributed by atoms with E-state index in [1.54, 1.807) is 26.2 Å². The molecule has 0 unspecified atom stereocenters. The van der Waals surface area contributed by atoms with Gasteiger partial charge in [-0.2, -0.15) is 0 Å². The molecule has 9 heteroatoms. The Hall–Kier alpha value is -2.81. The van der Waals surface area contributed by atoms with Crippen molar-refractivity contribution in [3.63, 3.8) is 0 Å². The SMILES string of the molecule is CC(=O)OCC1=CS[C@@H]2[C@H](NC(=O)Cc3ccccc3)C(=O)N2[C@H]1C(=O)OC(C)(C)C. The van der Waals surface area contributed by atoms with Gasteiger partial charge in [0.05, 0.1) is 6.42 Å². The van der Waals surface area contributed by atoms with Gasteiger partial charge < -0.3 is 19.7 Å². The molecule has 8 nitrogen and oxygen atoms in total. The van der Waals surface area contributed by atoms with Crippen LogP contribution >= 0.6 is 11.8 Å². The molecule has 0 saturated carbocycles. The first-order chi connectivity index (χ1) is 14.6. The van der Waals surface area contributed by atoms with Crippen molar-refractivity contribution in [3.05, 3.63) is 46.9 Å². The third kappa shape index (κ3) is 5.46. The molecule has 1 saturated heterocycles. The molecule has 1 N–H and O–H groups in total. The summed E-state index contributed by atoms with van der Waals surface area (Å²) < 4.78 is 10.6. The van der Waals surface area contributed by atoms with Gasteiger partial charge in [0.15, 0.2) is 6.04 Å². The molecule has 2 aliphatic rings. The van der Waals surface area contributed by atoms with E-state index in [9.17, 15) is 19.2 Å².